The van der Waals surface area contributed by atoms with Crippen LogP contribution in [-0.4, -0.2) is 50.0 Å². The molecule has 0 aliphatic carbocycles. The first-order valence-electron chi connectivity index (χ1n) is 7.88. The van der Waals surface area contributed by atoms with E-state index in [1.165, 1.54) is 6.92 Å². The number of nitrogens with zero attached hydrogens (tertiary/aromatic N) is 5. The summed E-state index contributed by atoms with van der Waals surface area (Å²) in [6.45, 7) is 2.87. The van der Waals surface area contributed by atoms with E-state index in [1.807, 2.05) is 25.2 Å². The van der Waals surface area contributed by atoms with Crippen molar-refractivity contribution in [3.8, 4) is 0 Å². The van der Waals surface area contributed by atoms with E-state index in [0.717, 1.165) is 17.0 Å². The van der Waals surface area contributed by atoms with Gasteiger partial charge in [0.25, 0.3) is 0 Å². The molecule has 0 aromatic carbocycles. The quantitative estimate of drug-likeness (QED) is 0.840. The zero-order valence-corrected chi connectivity index (χ0v) is 14.1. The number of hydrogen-bond donors (Lipinski definition) is 0. The summed E-state index contributed by atoms with van der Waals surface area (Å²) in [4.78, 5) is 32.6. The van der Waals surface area contributed by atoms with E-state index in [4.69, 9.17) is 0 Å². The van der Waals surface area contributed by atoms with Gasteiger partial charge in [-0.2, -0.15) is 5.10 Å². The molecule has 0 bridgehead atoms. The van der Waals surface area contributed by atoms with Crippen molar-refractivity contribution in [1.29, 1.82) is 0 Å². The molecule has 0 saturated carbocycles. The number of amides is 2. The van der Waals surface area contributed by atoms with Crippen molar-refractivity contribution in [2.24, 2.45) is 7.05 Å². The average Bonchev–Trinajstić information content (AvgIpc) is 2.97. The first kappa shape index (κ1) is 16.2. The summed E-state index contributed by atoms with van der Waals surface area (Å²) in [5, 5.41) is 4.13. The lowest BCUT2D eigenvalue weighted by Gasteiger charge is -2.34. The van der Waals surface area contributed by atoms with E-state index in [9.17, 15) is 9.59 Å². The van der Waals surface area contributed by atoms with Crippen LogP contribution in [0.1, 0.15) is 29.8 Å². The van der Waals surface area contributed by atoms with Crippen molar-refractivity contribution in [1.82, 2.24) is 24.6 Å². The second-order valence-electron chi connectivity index (χ2n) is 6.14. The molecule has 2 aromatic rings. The normalized spacial score (nSPS) is 16.6. The highest BCUT2D eigenvalue weighted by atomic mass is 16.2. The molecule has 2 amide bonds. The molecule has 1 atom stereocenters. The molecule has 126 valence electrons. The van der Waals surface area contributed by atoms with Crippen LogP contribution in [0.4, 0.5) is 0 Å². The third-order valence-electron chi connectivity index (χ3n) is 4.46. The molecule has 2 aromatic heterocycles. The number of aryl methyl sites for hydroxylation is 1. The Kier molecular flexibility index (Phi) is 4.33. The minimum absolute atomic E-state index is 0.0309. The van der Waals surface area contributed by atoms with E-state index in [1.54, 1.807) is 33.9 Å². The first-order valence-corrected chi connectivity index (χ1v) is 7.88. The molecule has 1 unspecified atom stereocenters. The van der Waals surface area contributed by atoms with Crippen molar-refractivity contribution in [3.63, 3.8) is 0 Å². The van der Waals surface area contributed by atoms with E-state index >= 15 is 0 Å². The van der Waals surface area contributed by atoms with Crippen LogP contribution in [0.5, 0.6) is 0 Å². The Labute approximate surface area is 140 Å². The fourth-order valence-corrected chi connectivity index (χ4v) is 3.05. The summed E-state index contributed by atoms with van der Waals surface area (Å²) in [5.74, 6) is -0.504. The van der Waals surface area contributed by atoms with E-state index < -0.39 is 5.92 Å². The third kappa shape index (κ3) is 3.02. The number of carbonyl (C=O) groups is 2. The lowest BCUT2D eigenvalue weighted by atomic mass is 9.93. The van der Waals surface area contributed by atoms with Crippen molar-refractivity contribution >= 4 is 11.8 Å². The molecular weight excluding hydrogens is 306 g/mol. The minimum Gasteiger partial charge on any atom is -0.339 e. The zero-order valence-electron chi connectivity index (χ0n) is 14.1. The van der Waals surface area contributed by atoms with Crippen LogP contribution >= 0.6 is 0 Å². The maximum atomic E-state index is 13.0. The molecule has 3 rings (SSSR count). The van der Waals surface area contributed by atoms with Crippen LogP contribution in [0.3, 0.4) is 0 Å². The average molecular weight is 327 g/mol. The molecule has 1 aliphatic rings. The fourth-order valence-electron chi connectivity index (χ4n) is 3.05. The summed E-state index contributed by atoms with van der Waals surface area (Å²) in [6.07, 6.45) is 3.41. The van der Waals surface area contributed by atoms with Crippen LogP contribution in [0.25, 0.3) is 0 Å². The maximum Gasteiger partial charge on any atom is 0.233 e. The largest absolute Gasteiger partial charge is 0.339 e. The van der Waals surface area contributed by atoms with E-state index in [-0.39, 0.29) is 11.8 Å². The predicted molar refractivity (Wildman–Crippen MR) is 87.8 cm³/mol. The Morgan fingerprint density at radius 3 is 2.79 bits per heavy atom. The number of aromatic nitrogens is 3. The molecule has 0 saturated heterocycles. The van der Waals surface area contributed by atoms with Crippen LogP contribution in [0.15, 0.2) is 30.6 Å². The number of hydrogen-bond acceptors (Lipinski definition) is 4. The second kappa shape index (κ2) is 6.43. The van der Waals surface area contributed by atoms with Crippen molar-refractivity contribution in [2.45, 2.75) is 25.9 Å². The Morgan fingerprint density at radius 1 is 1.33 bits per heavy atom. The van der Waals surface area contributed by atoms with Crippen LogP contribution in [0.2, 0.25) is 0 Å². The molecule has 3 heterocycles. The minimum atomic E-state index is -0.433. The van der Waals surface area contributed by atoms with Gasteiger partial charge in [-0.25, -0.2) is 0 Å². The van der Waals surface area contributed by atoms with Gasteiger partial charge in [-0.3, -0.25) is 19.3 Å². The Bertz CT molecular complexity index is 770. The topological polar surface area (TPSA) is 71.3 Å². The van der Waals surface area contributed by atoms with E-state index in [0.29, 0.717) is 19.6 Å². The van der Waals surface area contributed by atoms with Crippen molar-refractivity contribution in [3.05, 3.63) is 47.5 Å². The summed E-state index contributed by atoms with van der Waals surface area (Å²) >= 11 is 0. The summed E-state index contributed by atoms with van der Waals surface area (Å²) in [6, 6.07) is 5.65. The third-order valence-corrected chi connectivity index (χ3v) is 4.46. The van der Waals surface area contributed by atoms with Crippen LogP contribution in [-0.2, 0) is 29.7 Å². The monoisotopic (exact) mass is 327 g/mol. The maximum absolute atomic E-state index is 13.0. The fraction of sp³-hybridized carbons (Fsp3) is 0.412. The van der Waals surface area contributed by atoms with E-state index in [2.05, 4.69) is 10.1 Å². The SMILES string of the molecule is CC(=O)N1Cc2cccnc2C(C(=O)N(C)Cc2ccnn2C)C1. The number of pyridine rings is 1. The summed E-state index contributed by atoms with van der Waals surface area (Å²) in [5.41, 5.74) is 2.66. The predicted octanol–water partition coefficient (Wildman–Crippen LogP) is 0.919. The number of likely N-dealkylation sites (N-methyl/N-ethyl adjacent to an activating group) is 1. The lowest BCUT2D eigenvalue weighted by Crippen LogP contribution is -2.44. The standard InChI is InChI=1S/C17H21N5O2/c1-12(23)22-9-13-5-4-7-18-16(13)15(11-22)17(24)20(2)10-14-6-8-19-21(14)3/h4-8,15H,9-11H2,1-3H3. The number of fused-ring (bicyclic) bond motifs is 1. The van der Waals surface area contributed by atoms with Gasteiger partial charge in [0, 0.05) is 46.5 Å². The van der Waals surface area contributed by atoms with Gasteiger partial charge in [0.15, 0.2) is 0 Å². The molecule has 1 aliphatic heterocycles. The Balaban J connectivity index is 1.85. The van der Waals surface area contributed by atoms with Gasteiger partial charge in [-0.1, -0.05) is 6.07 Å². The molecular formula is C17H21N5O2. The Morgan fingerprint density at radius 2 is 2.12 bits per heavy atom. The molecule has 7 nitrogen and oxygen atoms in total. The van der Waals surface area contributed by atoms with Crippen LogP contribution < -0.4 is 0 Å². The summed E-state index contributed by atoms with van der Waals surface area (Å²) < 4.78 is 1.75. The highest BCUT2D eigenvalue weighted by Gasteiger charge is 2.34. The van der Waals surface area contributed by atoms with Gasteiger partial charge in [-0.15, -0.1) is 0 Å². The highest BCUT2D eigenvalue weighted by Crippen LogP contribution is 2.28. The lowest BCUT2D eigenvalue weighted by molar-refractivity contribution is -0.135. The van der Waals surface area contributed by atoms with Gasteiger partial charge in [-0.05, 0) is 17.7 Å². The molecule has 0 spiro atoms. The highest BCUT2D eigenvalue weighted by molar-refractivity contribution is 5.85. The zero-order chi connectivity index (χ0) is 17.3. The van der Waals surface area contributed by atoms with Gasteiger partial charge < -0.3 is 9.80 Å². The molecule has 24 heavy (non-hydrogen) atoms. The molecule has 0 N–H and O–H groups in total. The number of rotatable bonds is 3. The van der Waals surface area contributed by atoms with Crippen molar-refractivity contribution in [2.75, 3.05) is 13.6 Å². The van der Waals surface area contributed by atoms with Gasteiger partial charge in [0.05, 0.1) is 23.9 Å². The summed E-state index contributed by atoms with van der Waals surface area (Å²) in [7, 11) is 3.62. The van der Waals surface area contributed by atoms with Crippen molar-refractivity contribution < 1.29 is 9.59 Å². The van der Waals surface area contributed by atoms with Gasteiger partial charge >= 0.3 is 0 Å². The van der Waals surface area contributed by atoms with Crippen LogP contribution in [0, 0.1) is 0 Å². The van der Waals surface area contributed by atoms with Gasteiger partial charge in [0.2, 0.25) is 11.8 Å². The smallest absolute Gasteiger partial charge is 0.233 e. The number of carbonyl (C=O) groups excluding carboxylic acids is 2. The van der Waals surface area contributed by atoms with Gasteiger partial charge in [0.1, 0.15) is 0 Å². The molecule has 0 radical (unpaired) electrons. The first-order chi connectivity index (χ1) is 11.5. The molecule has 7 heteroatoms. The Hall–Kier alpha value is -2.70. The molecule has 0 fully saturated rings. The second-order valence-corrected chi connectivity index (χ2v) is 6.14.